The van der Waals surface area contributed by atoms with Gasteiger partial charge >= 0.3 is 0 Å². The highest BCUT2D eigenvalue weighted by molar-refractivity contribution is 5.57. The molecule has 112 valence electrons. The van der Waals surface area contributed by atoms with Crippen molar-refractivity contribution in [3.05, 3.63) is 11.4 Å². The topological polar surface area (TPSA) is 105 Å². The lowest BCUT2D eigenvalue weighted by Gasteiger charge is -2.13. The van der Waals surface area contributed by atoms with E-state index in [0.717, 1.165) is 43.0 Å². The molecule has 1 fully saturated rings. The largest absolute Gasteiger partial charge is 0.394 e. The van der Waals surface area contributed by atoms with Gasteiger partial charge in [0.2, 0.25) is 0 Å². The van der Waals surface area contributed by atoms with E-state index < -0.39 is 0 Å². The van der Waals surface area contributed by atoms with Crippen molar-refractivity contribution in [2.45, 2.75) is 32.1 Å². The van der Waals surface area contributed by atoms with Crippen molar-refractivity contribution in [3.8, 4) is 0 Å². The van der Waals surface area contributed by atoms with E-state index in [1.807, 2.05) is 6.92 Å². The van der Waals surface area contributed by atoms with Crippen molar-refractivity contribution in [1.29, 1.82) is 0 Å². The zero-order valence-corrected chi connectivity index (χ0v) is 11.9. The molecule has 5 N–H and O–H groups in total. The van der Waals surface area contributed by atoms with Gasteiger partial charge < -0.3 is 20.6 Å². The average Bonchev–Trinajstić information content (AvgIpc) is 3.29. The van der Waals surface area contributed by atoms with E-state index in [1.165, 1.54) is 0 Å². The third-order valence-electron chi connectivity index (χ3n) is 3.24. The number of aliphatic hydroxyl groups is 1. The smallest absolute Gasteiger partial charge is 0.148 e. The third kappa shape index (κ3) is 4.03. The van der Waals surface area contributed by atoms with Gasteiger partial charge in [0.15, 0.2) is 0 Å². The Morgan fingerprint density at radius 2 is 2.05 bits per heavy atom. The highest BCUT2D eigenvalue weighted by Crippen LogP contribution is 2.39. The van der Waals surface area contributed by atoms with Crippen LogP contribution in [-0.4, -0.2) is 41.4 Å². The molecule has 1 aliphatic carbocycles. The van der Waals surface area contributed by atoms with E-state index in [9.17, 15) is 0 Å². The Morgan fingerprint density at radius 3 is 2.70 bits per heavy atom. The second-order valence-corrected chi connectivity index (χ2v) is 4.94. The first-order valence-corrected chi connectivity index (χ1v) is 7.04. The molecule has 7 nitrogen and oxygen atoms in total. The lowest BCUT2D eigenvalue weighted by atomic mass is 10.2. The Balaban J connectivity index is 1.90. The van der Waals surface area contributed by atoms with E-state index in [2.05, 4.69) is 20.7 Å². The van der Waals surface area contributed by atoms with Crippen LogP contribution in [0.25, 0.3) is 0 Å². The van der Waals surface area contributed by atoms with Gasteiger partial charge in [-0.3, -0.25) is 0 Å². The van der Waals surface area contributed by atoms with Crippen LogP contribution in [0.3, 0.4) is 0 Å². The van der Waals surface area contributed by atoms with Crippen molar-refractivity contribution >= 4 is 11.6 Å². The molecule has 1 saturated carbocycles. The summed E-state index contributed by atoms with van der Waals surface area (Å²) in [4.78, 5) is 9.02. The highest BCUT2D eigenvalue weighted by Gasteiger charge is 2.28. The maximum absolute atomic E-state index is 8.61. The molecule has 2 rings (SSSR count). The fraction of sp³-hybridized carbons (Fsp3) is 0.692. The summed E-state index contributed by atoms with van der Waals surface area (Å²) in [5.74, 6) is 8.36. The number of rotatable bonds is 9. The summed E-state index contributed by atoms with van der Waals surface area (Å²) in [6, 6.07) is 0. The molecule has 0 saturated heterocycles. The zero-order valence-electron chi connectivity index (χ0n) is 11.9. The fourth-order valence-electron chi connectivity index (χ4n) is 1.92. The molecule has 20 heavy (non-hydrogen) atoms. The summed E-state index contributed by atoms with van der Waals surface area (Å²) in [5, 5.41) is 11.9. The second-order valence-electron chi connectivity index (χ2n) is 4.94. The van der Waals surface area contributed by atoms with Crippen molar-refractivity contribution in [2.75, 3.05) is 37.1 Å². The fourth-order valence-corrected chi connectivity index (χ4v) is 1.92. The normalized spacial score (nSPS) is 14.3. The van der Waals surface area contributed by atoms with Gasteiger partial charge in [0, 0.05) is 24.6 Å². The maximum Gasteiger partial charge on any atom is 0.148 e. The monoisotopic (exact) mass is 281 g/mol. The molecule has 0 unspecified atom stereocenters. The van der Waals surface area contributed by atoms with E-state index in [1.54, 1.807) is 0 Å². The molecule has 7 heteroatoms. The summed E-state index contributed by atoms with van der Waals surface area (Å²) < 4.78 is 5.21. The zero-order chi connectivity index (χ0) is 14.4. The average molecular weight is 281 g/mol. The van der Waals surface area contributed by atoms with Crippen molar-refractivity contribution in [1.82, 2.24) is 9.97 Å². The minimum Gasteiger partial charge on any atom is -0.394 e. The van der Waals surface area contributed by atoms with Gasteiger partial charge in [-0.2, -0.15) is 0 Å². The minimum atomic E-state index is 0.0642. The second kappa shape index (κ2) is 7.37. The Kier molecular flexibility index (Phi) is 5.51. The van der Waals surface area contributed by atoms with Crippen LogP contribution in [-0.2, 0) is 4.74 Å². The van der Waals surface area contributed by atoms with E-state index in [4.69, 9.17) is 15.7 Å². The molecule has 0 aliphatic heterocycles. The lowest BCUT2D eigenvalue weighted by Crippen LogP contribution is -2.15. The number of anilines is 2. The van der Waals surface area contributed by atoms with Gasteiger partial charge in [-0.05, 0) is 26.2 Å². The molecule has 1 aromatic rings. The summed E-state index contributed by atoms with van der Waals surface area (Å²) in [7, 11) is 0. The number of hydrogen-bond donors (Lipinski definition) is 4. The highest BCUT2D eigenvalue weighted by atomic mass is 16.5. The van der Waals surface area contributed by atoms with Gasteiger partial charge in [-0.15, -0.1) is 0 Å². The number of nitrogens with one attached hydrogen (secondary N) is 2. The van der Waals surface area contributed by atoms with Gasteiger partial charge in [0.05, 0.1) is 13.2 Å². The first kappa shape index (κ1) is 15.0. The number of nitrogens with zero attached hydrogens (tertiary/aromatic N) is 2. The molecular weight excluding hydrogens is 258 g/mol. The minimum absolute atomic E-state index is 0.0642. The number of aromatic nitrogens is 2. The summed E-state index contributed by atoms with van der Waals surface area (Å²) in [6.45, 7) is 3.78. The standard InChI is InChI=1S/C13H23N5O2/c1-9-11(15-5-2-7-20-8-6-19)16-13(10-3-4-10)17-12(9)18-14/h10,19H,2-8,14H2,1H3,(H2,15,16,17,18). The first-order chi connectivity index (χ1) is 9.76. The molecule has 0 radical (unpaired) electrons. The van der Waals surface area contributed by atoms with Crippen LogP contribution in [0.5, 0.6) is 0 Å². The molecular formula is C13H23N5O2. The Bertz CT molecular complexity index is 437. The number of nitrogen functional groups attached to an aromatic ring is 1. The summed E-state index contributed by atoms with van der Waals surface area (Å²) >= 11 is 0. The van der Waals surface area contributed by atoms with Crippen LogP contribution in [0, 0.1) is 6.92 Å². The van der Waals surface area contributed by atoms with E-state index in [0.29, 0.717) is 24.9 Å². The number of ether oxygens (including phenoxy) is 1. The van der Waals surface area contributed by atoms with Crippen molar-refractivity contribution in [2.24, 2.45) is 5.84 Å². The van der Waals surface area contributed by atoms with Crippen molar-refractivity contribution in [3.63, 3.8) is 0 Å². The number of hydrogen-bond acceptors (Lipinski definition) is 7. The predicted octanol–water partition coefficient (Wildman–Crippen LogP) is 0.759. The van der Waals surface area contributed by atoms with E-state index >= 15 is 0 Å². The third-order valence-corrected chi connectivity index (χ3v) is 3.24. The van der Waals surface area contributed by atoms with Crippen LogP contribution in [0.1, 0.15) is 36.6 Å². The number of hydrazine groups is 1. The van der Waals surface area contributed by atoms with Crippen molar-refractivity contribution < 1.29 is 9.84 Å². The molecule has 1 heterocycles. The first-order valence-electron chi connectivity index (χ1n) is 7.04. The molecule has 0 amide bonds. The maximum atomic E-state index is 8.61. The predicted molar refractivity (Wildman–Crippen MR) is 77.6 cm³/mol. The van der Waals surface area contributed by atoms with Crippen LogP contribution in [0.2, 0.25) is 0 Å². The van der Waals surface area contributed by atoms with Gasteiger partial charge in [-0.25, -0.2) is 15.8 Å². The van der Waals surface area contributed by atoms with Crippen LogP contribution >= 0.6 is 0 Å². The van der Waals surface area contributed by atoms with Gasteiger partial charge in [-0.1, -0.05) is 0 Å². The molecule has 0 atom stereocenters. The Hall–Kier alpha value is -1.44. The summed E-state index contributed by atoms with van der Waals surface area (Å²) in [5.41, 5.74) is 3.56. The molecule has 1 aliphatic rings. The van der Waals surface area contributed by atoms with Crippen LogP contribution < -0.4 is 16.6 Å². The lowest BCUT2D eigenvalue weighted by molar-refractivity contribution is 0.0922. The molecule has 0 bridgehead atoms. The van der Waals surface area contributed by atoms with Crippen LogP contribution in [0.4, 0.5) is 11.6 Å². The van der Waals surface area contributed by atoms with Crippen LogP contribution in [0.15, 0.2) is 0 Å². The van der Waals surface area contributed by atoms with Gasteiger partial charge in [0.1, 0.15) is 17.5 Å². The SMILES string of the molecule is Cc1c(NN)nc(C2CC2)nc1NCCCOCCO. The Morgan fingerprint density at radius 1 is 1.30 bits per heavy atom. The summed E-state index contributed by atoms with van der Waals surface area (Å²) in [6.07, 6.45) is 3.16. The molecule has 0 spiro atoms. The quantitative estimate of drug-likeness (QED) is 0.301. The number of nitrogens with two attached hydrogens (primary N) is 1. The Labute approximate surface area is 118 Å². The van der Waals surface area contributed by atoms with Gasteiger partial charge in [0.25, 0.3) is 0 Å². The molecule has 0 aromatic carbocycles. The van der Waals surface area contributed by atoms with E-state index in [-0.39, 0.29) is 6.61 Å². The number of aliphatic hydroxyl groups excluding tert-OH is 1. The molecule has 1 aromatic heterocycles.